The Hall–Kier alpha value is -1.00. The molecule has 1 aromatic carbocycles. The Morgan fingerprint density at radius 2 is 2.06 bits per heavy atom. The highest BCUT2D eigenvalue weighted by atomic mass is 19.2. The molecule has 4 heteroatoms. The smallest absolute Gasteiger partial charge is 0.163 e. The molecule has 1 aromatic rings. The van der Waals surface area contributed by atoms with Gasteiger partial charge in [0.2, 0.25) is 0 Å². The molecular formula is C12H17F2NO. The third-order valence-electron chi connectivity index (χ3n) is 2.63. The normalized spacial score (nSPS) is 14.8. The number of benzene rings is 1. The molecule has 0 aliphatic heterocycles. The van der Waals surface area contributed by atoms with Crippen molar-refractivity contribution in [1.82, 2.24) is 5.32 Å². The summed E-state index contributed by atoms with van der Waals surface area (Å²) >= 11 is 0. The summed E-state index contributed by atoms with van der Waals surface area (Å²) in [7, 11) is 0. The van der Waals surface area contributed by atoms with Gasteiger partial charge in [0.1, 0.15) is 0 Å². The van der Waals surface area contributed by atoms with Crippen molar-refractivity contribution in [3.63, 3.8) is 0 Å². The van der Waals surface area contributed by atoms with E-state index in [-0.39, 0.29) is 12.2 Å². The maximum Gasteiger partial charge on any atom is 0.163 e. The van der Waals surface area contributed by atoms with Crippen LogP contribution in [0.4, 0.5) is 8.78 Å². The van der Waals surface area contributed by atoms with Crippen LogP contribution >= 0.6 is 0 Å². The molecule has 0 saturated carbocycles. The van der Waals surface area contributed by atoms with Gasteiger partial charge in [-0.3, -0.25) is 0 Å². The SMILES string of the molecule is CCCNC(C)(CO)c1cccc(F)c1F. The molecule has 0 aliphatic rings. The van der Waals surface area contributed by atoms with Gasteiger partial charge in [-0.05, 0) is 26.0 Å². The van der Waals surface area contributed by atoms with Crippen LogP contribution in [0, 0.1) is 11.6 Å². The molecule has 0 saturated heterocycles. The lowest BCUT2D eigenvalue weighted by atomic mass is 9.92. The minimum Gasteiger partial charge on any atom is -0.394 e. The highest BCUT2D eigenvalue weighted by molar-refractivity contribution is 5.26. The molecule has 0 heterocycles. The lowest BCUT2D eigenvalue weighted by molar-refractivity contribution is 0.170. The first-order valence-electron chi connectivity index (χ1n) is 5.35. The molecule has 0 fully saturated rings. The first-order valence-corrected chi connectivity index (χ1v) is 5.35. The van der Waals surface area contributed by atoms with Gasteiger partial charge in [0, 0.05) is 5.56 Å². The Balaban J connectivity index is 3.07. The van der Waals surface area contributed by atoms with E-state index >= 15 is 0 Å². The van der Waals surface area contributed by atoms with Crippen LogP contribution < -0.4 is 5.32 Å². The van der Waals surface area contributed by atoms with E-state index in [1.54, 1.807) is 6.92 Å². The predicted molar refractivity (Wildman–Crippen MR) is 59.1 cm³/mol. The molecule has 2 N–H and O–H groups in total. The largest absolute Gasteiger partial charge is 0.394 e. The Labute approximate surface area is 94.3 Å². The van der Waals surface area contributed by atoms with E-state index in [1.807, 2.05) is 6.92 Å². The Morgan fingerprint density at radius 1 is 1.38 bits per heavy atom. The van der Waals surface area contributed by atoms with Crippen LogP contribution in [-0.2, 0) is 5.54 Å². The molecule has 90 valence electrons. The second-order valence-corrected chi connectivity index (χ2v) is 4.02. The number of halogens is 2. The average molecular weight is 229 g/mol. The van der Waals surface area contributed by atoms with Crippen LogP contribution in [0.25, 0.3) is 0 Å². The van der Waals surface area contributed by atoms with Crippen molar-refractivity contribution in [2.75, 3.05) is 13.2 Å². The average Bonchev–Trinajstić information content (AvgIpc) is 2.29. The summed E-state index contributed by atoms with van der Waals surface area (Å²) in [6, 6.07) is 3.99. The fourth-order valence-corrected chi connectivity index (χ4v) is 1.57. The van der Waals surface area contributed by atoms with Gasteiger partial charge in [0.05, 0.1) is 12.1 Å². The minimum atomic E-state index is -0.942. The molecule has 0 radical (unpaired) electrons. The second kappa shape index (κ2) is 5.37. The van der Waals surface area contributed by atoms with Gasteiger partial charge in [0.25, 0.3) is 0 Å². The number of aliphatic hydroxyl groups excluding tert-OH is 1. The minimum absolute atomic E-state index is 0.156. The quantitative estimate of drug-likeness (QED) is 0.811. The summed E-state index contributed by atoms with van der Waals surface area (Å²) < 4.78 is 26.7. The van der Waals surface area contributed by atoms with E-state index in [0.717, 1.165) is 12.5 Å². The van der Waals surface area contributed by atoms with Crippen molar-refractivity contribution in [1.29, 1.82) is 0 Å². The monoisotopic (exact) mass is 229 g/mol. The van der Waals surface area contributed by atoms with Crippen molar-refractivity contribution in [2.24, 2.45) is 0 Å². The number of rotatable bonds is 5. The van der Waals surface area contributed by atoms with Gasteiger partial charge in [-0.1, -0.05) is 19.1 Å². The van der Waals surface area contributed by atoms with Gasteiger partial charge in [-0.2, -0.15) is 0 Å². The van der Waals surface area contributed by atoms with E-state index in [2.05, 4.69) is 5.32 Å². The summed E-state index contributed by atoms with van der Waals surface area (Å²) in [5.41, 5.74) is -0.786. The van der Waals surface area contributed by atoms with Crippen molar-refractivity contribution >= 4 is 0 Å². The van der Waals surface area contributed by atoms with E-state index < -0.39 is 17.2 Å². The lowest BCUT2D eigenvalue weighted by Crippen LogP contribution is -2.44. The second-order valence-electron chi connectivity index (χ2n) is 4.02. The topological polar surface area (TPSA) is 32.3 Å². The number of hydrogen-bond acceptors (Lipinski definition) is 2. The van der Waals surface area contributed by atoms with E-state index in [4.69, 9.17) is 0 Å². The molecule has 1 unspecified atom stereocenters. The van der Waals surface area contributed by atoms with Gasteiger partial charge < -0.3 is 10.4 Å². The van der Waals surface area contributed by atoms with Crippen LogP contribution in [0.2, 0.25) is 0 Å². The lowest BCUT2D eigenvalue weighted by Gasteiger charge is -2.29. The van der Waals surface area contributed by atoms with Gasteiger partial charge >= 0.3 is 0 Å². The number of hydrogen-bond donors (Lipinski definition) is 2. The number of nitrogens with one attached hydrogen (secondary N) is 1. The highest BCUT2D eigenvalue weighted by Crippen LogP contribution is 2.24. The van der Waals surface area contributed by atoms with Crippen LogP contribution in [0.1, 0.15) is 25.8 Å². The van der Waals surface area contributed by atoms with Crippen molar-refractivity contribution in [3.05, 3.63) is 35.4 Å². The fraction of sp³-hybridized carbons (Fsp3) is 0.500. The van der Waals surface area contributed by atoms with Crippen LogP contribution in [-0.4, -0.2) is 18.3 Å². The summed E-state index contributed by atoms with van der Waals surface area (Å²) in [5.74, 6) is -1.79. The molecule has 0 amide bonds. The molecule has 1 atom stereocenters. The summed E-state index contributed by atoms with van der Waals surface area (Å²) in [4.78, 5) is 0. The Morgan fingerprint density at radius 3 is 2.62 bits per heavy atom. The highest BCUT2D eigenvalue weighted by Gasteiger charge is 2.29. The molecule has 0 spiro atoms. The zero-order valence-electron chi connectivity index (χ0n) is 9.56. The Kier molecular flexibility index (Phi) is 4.38. The van der Waals surface area contributed by atoms with Crippen molar-refractivity contribution < 1.29 is 13.9 Å². The van der Waals surface area contributed by atoms with Crippen LogP contribution in [0.5, 0.6) is 0 Å². The molecule has 0 aliphatic carbocycles. The first kappa shape index (κ1) is 13.1. The van der Waals surface area contributed by atoms with Crippen LogP contribution in [0.3, 0.4) is 0 Å². The molecule has 2 nitrogen and oxygen atoms in total. The van der Waals surface area contributed by atoms with E-state index in [9.17, 15) is 13.9 Å². The fourth-order valence-electron chi connectivity index (χ4n) is 1.57. The Bertz CT molecular complexity index is 357. The van der Waals surface area contributed by atoms with Crippen molar-refractivity contribution in [3.8, 4) is 0 Å². The van der Waals surface area contributed by atoms with Gasteiger partial charge in [0.15, 0.2) is 11.6 Å². The summed E-state index contributed by atoms with van der Waals surface area (Å²) in [6.07, 6.45) is 0.854. The third kappa shape index (κ3) is 2.57. The zero-order chi connectivity index (χ0) is 12.2. The number of aliphatic hydroxyl groups is 1. The summed E-state index contributed by atoms with van der Waals surface area (Å²) in [6.45, 7) is 3.97. The zero-order valence-corrected chi connectivity index (χ0v) is 9.56. The summed E-state index contributed by atoms with van der Waals surface area (Å²) in [5, 5.41) is 12.4. The van der Waals surface area contributed by atoms with E-state index in [1.165, 1.54) is 12.1 Å². The van der Waals surface area contributed by atoms with Crippen molar-refractivity contribution in [2.45, 2.75) is 25.8 Å². The van der Waals surface area contributed by atoms with Gasteiger partial charge in [-0.25, -0.2) is 8.78 Å². The molecule has 16 heavy (non-hydrogen) atoms. The molecule has 0 bridgehead atoms. The maximum atomic E-state index is 13.6. The molecule has 1 rings (SSSR count). The standard InChI is InChI=1S/C12H17F2NO/c1-3-7-15-12(2,8-16)9-5-4-6-10(13)11(9)14/h4-6,15-16H,3,7-8H2,1-2H3. The third-order valence-corrected chi connectivity index (χ3v) is 2.63. The van der Waals surface area contributed by atoms with E-state index in [0.29, 0.717) is 6.54 Å². The predicted octanol–water partition coefficient (Wildman–Crippen LogP) is 2.17. The van der Waals surface area contributed by atoms with Gasteiger partial charge in [-0.15, -0.1) is 0 Å². The van der Waals surface area contributed by atoms with Crippen LogP contribution in [0.15, 0.2) is 18.2 Å². The maximum absolute atomic E-state index is 13.6. The molecular weight excluding hydrogens is 212 g/mol. The molecule has 0 aromatic heterocycles. The first-order chi connectivity index (χ1) is 7.55.